The number of hydrogen-bond acceptors (Lipinski definition) is 5. The third kappa shape index (κ3) is 3.57. The average Bonchev–Trinajstić information content (AvgIpc) is 2.41. The Morgan fingerprint density at radius 2 is 2.18 bits per heavy atom. The molecule has 0 bridgehead atoms. The minimum atomic E-state index is 0.658. The van der Waals surface area contributed by atoms with Crippen molar-refractivity contribution in [3.8, 4) is 5.75 Å². The molecular weight excluding hydrogens is 216 g/mol. The Kier molecular flexibility index (Phi) is 4.58. The van der Waals surface area contributed by atoms with Gasteiger partial charge in [-0.1, -0.05) is 0 Å². The normalized spacial score (nSPS) is 15.9. The first-order chi connectivity index (χ1) is 8.40. The number of piperazine rings is 1. The third-order valence-electron chi connectivity index (χ3n) is 2.78. The second-order valence-corrected chi connectivity index (χ2v) is 4.08. The lowest BCUT2D eigenvalue weighted by Gasteiger charge is -2.28. The molecular formula is C12H20N4O. The number of pyridine rings is 1. The summed E-state index contributed by atoms with van der Waals surface area (Å²) in [4.78, 5) is 6.70. The van der Waals surface area contributed by atoms with Gasteiger partial charge in [0.2, 0.25) is 0 Å². The molecule has 17 heavy (non-hydrogen) atoms. The summed E-state index contributed by atoms with van der Waals surface area (Å²) >= 11 is 0. The molecule has 0 unspecified atom stereocenters. The van der Waals surface area contributed by atoms with Crippen molar-refractivity contribution in [1.29, 1.82) is 0 Å². The van der Waals surface area contributed by atoms with Crippen molar-refractivity contribution in [3.63, 3.8) is 0 Å². The highest BCUT2D eigenvalue weighted by Gasteiger charge is 2.11. The second-order valence-electron chi connectivity index (χ2n) is 4.08. The molecule has 1 aliphatic heterocycles. The first-order valence-corrected chi connectivity index (χ1v) is 6.15. The summed E-state index contributed by atoms with van der Waals surface area (Å²) in [6.45, 7) is 5.39. The molecule has 1 aromatic heterocycles. The largest absolute Gasteiger partial charge is 0.492 e. The number of nitrogens with one attached hydrogen (secondary N) is 1. The van der Waals surface area contributed by atoms with Crippen molar-refractivity contribution in [2.45, 2.75) is 6.42 Å². The van der Waals surface area contributed by atoms with E-state index < -0.39 is 0 Å². The second kappa shape index (κ2) is 6.42. The molecule has 0 aliphatic carbocycles. The Labute approximate surface area is 102 Å². The number of hydrogen-bond donors (Lipinski definition) is 2. The highest BCUT2D eigenvalue weighted by atomic mass is 16.5. The Morgan fingerprint density at radius 1 is 1.35 bits per heavy atom. The van der Waals surface area contributed by atoms with Crippen LogP contribution in [-0.4, -0.2) is 44.3 Å². The Balaban J connectivity index is 1.88. The van der Waals surface area contributed by atoms with E-state index in [1.165, 1.54) is 0 Å². The summed E-state index contributed by atoms with van der Waals surface area (Å²) in [6, 6.07) is 3.99. The van der Waals surface area contributed by atoms with Crippen LogP contribution in [0.25, 0.3) is 0 Å². The number of rotatable bonds is 5. The van der Waals surface area contributed by atoms with Gasteiger partial charge in [-0.05, 0) is 25.1 Å². The number of nitrogens with two attached hydrogens (primary N) is 1. The summed E-state index contributed by atoms with van der Waals surface area (Å²) < 4.78 is 5.52. The predicted molar refractivity (Wildman–Crippen MR) is 68.5 cm³/mol. The maximum atomic E-state index is 5.52. The fourth-order valence-electron chi connectivity index (χ4n) is 1.81. The van der Waals surface area contributed by atoms with Gasteiger partial charge in [-0.2, -0.15) is 0 Å². The van der Waals surface area contributed by atoms with E-state index in [1.807, 2.05) is 12.1 Å². The van der Waals surface area contributed by atoms with E-state index in [0.29, 0.717) is 13.2 Å². The molecule has 1 fully saturated rings. The van der Waals surface area contributed by atoms with Gasteiger partial charge in [0, 0.05) is 26.2 Å². The summed E-state index contributed by atoms with van der Waals surface area (Å²) in [5.74, 6) is 1.84. The van der Waals surface area contributed by atoms with Crippen LogP contribution in [0.2, 0.25) is 0 Å². The molecule has 5 heteroatoms. The van der Waals surface area contributed by atoms with Crippen molar-refractivity contribution in [2.75, 3.05) is 44.2 Å². The summed E-state index contributed by atoms with van der Waals surface area (Å²) in [5.41, 5.74) is 5.41. The van der Waals surface area contributed by atoms with Crippen LogP contribution in [0.15, 0.2) is 18.3 Å². The lowest BCUT2D eigenvalue weighted by atomic mass is 10.3. The highest BCUT2D eigenvalue weighted by Crippen LogP contribution is 2.16. The van der Waals surface area contributed by atoms with E-state index in [1.54, 1.807) is 6.20 Å². The van der Waals surface area contributed by atoms with Crippen LogP contribution >= 0.6 is 0 Å². The molecule has 94 valence electrons. The maximum absolute atomic E-state index is 5.52. The molecule has 3 N–H and O–H groups in total. The summed E-state index contributed by atoms with van der Waals surface area (Å²) in [5, 5.41) is 3.32. The van der Waals surface area contributed by atoms with E-state index in [2.05, 4.69) is 15.2 Å². The van der Waals surface area contributed by atoms with Gasteiger partial charge >= 0.3 is 0 Å². The molecule has 0 radical (unpaired) electrons. The standard InChI is InChI=1S/C12H20N4O/c13-4-1-9-17-11-2-3-12(15-10-11)16-7-5-14-6-8-16/h2-3,10,14H,1,4-9,13H2. The minimum absolute atomic E-state index is 0.658. The van der Waals surface area contributed by atoms with E-state index in [-0.39, 0.29) is 0 Å². The van der Waals surface area contributed by atoms with Gasteiger partial charge in [-0.25, -0.2) is 4.98 Å². The van der Waals surface area contributed by atoms with Gasteiger partial charge in [-0.3, -0.25) is 0 Å². The third-order valence-corrected chi connectivity index (χ3v) is 2.78. The first kappa shape index (κ1) is 12.1. The zero-order valence-electron chi connectivity index (χ0n) is 10.1. The smallest absolute Gasteiger partial charge is 0.137 e. The molecule has 2 heterocycles. The van der Waals surface area contributed by atoms with Gasteiger partial charge in [0.15, 0.2) is 0 Å². The Morgan fingerprint density at radius 3 is 2.82 bits per heavy atom. The van der Waals surface area contributed by atoms with Gasteiger partial charge in [0.25, 0.3) is 0 Å². The summed E-state index contributed by atoms with van der Waals surface area (Å²) in [6.07, 6.45) is 2.66. The Hall–Kier alpha value is -1.33. The van der Waals surface area contributed by atoms with Crippen molar-refractivity contribution in [1.82, 2.24) is 10.3 Å². The fraction of sp³-hybridized carbons (Fsp3) is 0.583. The number of ether oxygens (including phenoxy) is 1. The molecule has 2 rings (SSSR count). The first-order valence-electron chi connectivity index (χ1n) is 6.15. The van der Waals surface area contributed by atoms with Gasteiger partial charge < -0.3 is 20.7 Å². The number of nitrogens with zero attached hydrogens (tertiary/aromatic N) is 2. The predicted octanol–water partition coefficient (Wildman–Crippen LogP) is 0.219. The van der Waals surface area contributed by atoms with Crippen LogP contribution in [0.3, 0.4) is 0 Å². The van der Waals surface area contributed by atoms with Crippen LogP contribution in [0.1, 0.15) is 6.42 Å². The van der Waals surface area contributed by atoms with E-state index in [9.17, 15) is 0 Å². The molecule has 1 aliphatic rings. The zero-order valence-corrected chi connectivity index (χ0v) is 10.1. The van der Waals surface area contributed by atoms with Crippen LogP contribution in [0.4, 0.5) is 5.82 Å². The molecule has 0 amide bonds. The van der Waals surface area contributed by atoms with Gasteiger partial charge in [0.05, 0.1) is 12.8 Å². The van der Waals surface area contributed by atoms with Crippen LogP contribution in [0.5, 0.6) is 5.75 Å². The van der Waals surface area contributed by atoms with E-state index in [4.69, 9.17) is 10.5 Å². The molecule has 0 spiro atoms. The minimum Gasteiger partial charge on any atom is -0.492 e. The maximum Gasteiger partial charge on any atom is 0.137 e. The van der Waals surface area contributed by atoms with Gasteiger partial charge in [0.1, 0.15) is 11.6 Å². The molecule has 1 aromatic rings. The zero-order chi connectivity index (χ0) is 11.9. The van der Waals surface area contributed by atoms with Gasteiger partial charge in [-0.15, -0.1) is 0 Å². The van der Waals surface area contributed by atoms with Crippen LogP contribution in [0, 0.1) is 0 Å². The average molecular weight is 236 g/mol. The van der Waals surface area contributed by atoms with E-state index in [0.717, 1.165) is 44.2 Å². The van der Waals surface area contributed by atoms with Crippen molar-refractivity contribution >= 4 is 5.82 Å². The molecule has 5 nitrogen and oxygen atoms in total. The van der Waals surface area contributed by atoms with Crippen LogP contribution in [-0.2, 0) is 0 Å². The molecule has 0 saturated carbocycles. The quantitative estimate of drug-likeness (QED) is 0.716. The molecule has 1 saturated heterocycles. The number of anilines is 1. The summed E-state index contributed by atoms with van der Waals surface area (Å²) in [7, 11) is 0. The van der Waals surface area contributed by atoms with Crippen molar-refractivity contribution in [2.24, 2.45) is 5.73 Å². The lowest BCUT2D eigenvalue weighted by Crippen LogP contribution is -2.43. The van der Waals surface area contributed by atoms with E-state index >= 15 is 0 Å². The Bertz CT molecular complexity index is 322. The van der Waals surface area contributed by atoms with Crippen LogP contribution < -0.4 is 20.7 Å². The fourth-order valence-corrected chi connectivity index (χ4v) is 1.81. The monoisotopic (exact) mass is 236 g/mol. The van der Waals surface area contributed by atoms with Crippen molar-refractivity contribution < 1.29 is 4.74 Å². The SMILES string of the molecule is NCCCOc1ccc(N2CCNCC2)nc1. The molecule has 0 aromatic carbocycles. The molecule has 0 atom stereocenters. The highest BCUT2D eigenvalue weighted by molar-refractivity contribution is 5.41. The number of aromatic nitrogens is 1. The topological polar surface area (TPSA) is 63.4 Å². The van der Waals surface area contributed by atoms with Crippen molar-refractivity contribution in [3.05, 3.63) is 18.3 Å². The lowest BCUT2D eigenvalue weighted by molar-refractivity contribution is 0.312.